The molecule has 1 aromatic heterocycles. The summed E-state index contributed by atoms with van der Waals surface area (Å²) in [4.78, 5) is 27.5. The molecule has 3 rings (SSSR count). The molecule has 2 aromatic rings. The molecular formula is C21H25NO3S2. The number of benzene rings is 1. The molecule has 0 aliphatic heterocycles. The Bertz CT molecular complexity index is 812. The van der Waals surface area contributed by atoms with Crippen LogP contribution in [-0.2, 0) is 28.8 Å². The number of aryl methyl sites for hydroxylation is 1. The van der Waals surface area contributed by atoms with E-state index < -0.39 is 0 Å². The zero-order valence-corrected chi connectivity index (χ0v) is 17.4. The molecule has 1 aromatic carbocycles. The lowest BCUT2D eigenvalue weighted by atomic mass is 9.95. The van der Waals surface area contributed by atoms with Gasteiger partial charge in [0.2, 0.25) is 5.91 Å². The zero-order valence-electron chi connectivity index (χ0n) is 15.8. The summed E-state index contributed by atoms with van der Waals surface area (Å²) in [5.41, 5.74) is 2.60. The Morgan fingerprint density at radius 2 is 1.89 bits per heavy atom. The second-order valence-electron chi connectivity index (χ2n) is 6.44. The molecule has 1 amide bonds. The van der Waals surface area contributed by atoms with Crippen molar-refractivity contribution in [1.82, 2.24) is 0 Å². The second kappa shape index (κ2) is 9.42. The van der Waals surface area contributed by atoms with Crippen LogP contribution in [0.25, 0.3) is 0 Å². The standard InChI is InChI=1S/C21H25NO3S2/c1-3-25-21(24)19-16-7-5-6-8-17(16)27-20(19)22-18(23)13-14-9-11-15(12-10-14)26-4-2/h9-12H,3-8,13H2,1-2H3,(H,22,23). The van der Waals surface area contributed by atoms with Crippen LogP contribution in [0.4, 0.5) is 5.00 Å². The zero-order chi connectivity index (χ0) is 19.2. The van der Waals surface area contributed by atoms with E-state index in [-0.39, 0.29) is 11.9 Å². The highest BCUT2D eigenvalue weighted by Gasteiger charge is 2.27. The average Bonchev–Trinajstić information content (AvgIpc) is 3.01. The van der Waals surface area contributed by atoms with E-state index in [0.29, 0.717) is 23.6 Å². The van der Waals surface area contributed by atoms with Gasteiger partial charge in [-0.25, -0.2) is 4.79 Å². The van der Waals surface area contributed by atoms with E-state index in [1.807, 2.05) is 24.3 Å². The maximum atomic E-state index is 12.6. The number of amides is 1. The lowest BCUT2D eigenvalue weighted by molar-refractivity contribution is -0.115. The summed E-state index contributed by atoms with van der Waals surface area (Å²) in [5, 5.41) is 3.61. The first kappa shape index (κ1) is 20.0. The summed E-state index contributed by atoms with van der Waals surface area (Å²) in [7, 11) is 0. The average molecular weight is 404 g/mol. The molecule has 6 heteroatoms. The number of carbonyl (C=O) groups excluding carboxylic acids is 2. The molecule has 1 N–H and O–H groups in total. The highest BCUT2D eigenvalue weighted by Crippen LogP contribution is 2.38. The Hall–Kier alpha value is -1.79. The minimum Gasteiger partial charge on any atom is -0.462 e. The van der Waals surface area contributed by atoms with Gasteiger partial charge in [0.05, 0.1) is 18.6 Å². The number of hydrogen-bond acceptors (Lipinski definition) is 5. The number of anilines is 1. The molecule has 1 aliphatic carbocycles. The van der Waals surface area contributed by atoms with Gasteiger partial charge in [0.15, 0.2) is 0 Å². The van der Waals surface area contributed by atoms with Crippen molar-refractivity contribution in [2.24, 2.45) is 0 Å². The topological polar surface area (TPSA) is 55.4 Å². The first-order valence-corrected chi connectivity index (χ1v) is 11.3. The molecule has 4 nitrogen and oxygen atoms in total. The van der Waals surface area contributed by atoms with E-state index in [0.717, 1.165) is 42.6 Å². The van der Waals surface area contributed by atoms with Crippen LogP contribution < -0.4 is 5.32 Å². The Kier molecular flexibility index (Phi) is 6.96. The summed E-state index contributed by atoms with van der Waals surface area (Å²) < 4.78 is 5.24. The van der Waals surface area contributed by atoms with Crippen molar-refractivity contribution in [3.63, 3.8) is 0 Å². The van der Waals surface area contributed by atoms with Gasteiger partial charge in [0.25, 0.3) is 0 Å². The predicted molar refractivity (Wildman–Crippen MR) is 112 cm³/mol. The minimum absolute atomic E-state index is 0.102. The highest BCUT2D eigenvalue weighted by atomic mass is 32.2. The Morgan fingerprint density at radius 3 is 2.59 bits per heavy atom. The van der Waals surface area contributed by atoms with Gasteiger partial charge in [-0.1, -0.05) is 19.1 Å². The van der Waals surface area contributed by atoms with E-state index in [1.54, 1.807) is 18.7 Å². The summed E-state index contributed by atoms with van der Waals surface area (Å²) in [6.07, 6.45) is 4.35. The minimum atomic E-state index is -0.326. The van der Waals surface area contributed by atoms with Crippen molar-refractivity contribution < 1.29 is 14.3 Å². The van der Waals surface area contributed by atoms with Crippen LogP contribution in [0.1, 0.15) is 53.1 Å². The fraction of sp³-hybridized carbons (Fsp3) is 0.429. The van der Waals surface area contributed by atoms with Crippen LogP contribution in [0.15, 0.2) is 29.2 Å². The molecule has 144 valence electrons. The number of esters is 1. The van der Waals surface area contributed by atoms with Gasteiger partial charge in [0.1, 0.15) is 5.00 Å². The number of ether oxygens (including phenoxy) is 1. The third-order valence-corrected chi connectivity index (χ3v) is 6.60. The van der Waals surface area contributed by atoms with Crippen LogP contribution in [0, 0.1) is 0 Å². The van der Waals surface area contributed by atoms with E-state index in [1.165, 1.54) is 21.1 Å². The molecule has 0 atom stereocenters. The molecule has 1 heterocycles. The lowest BCUT2D eigenvalue weighted by Gasteiger charge is -2.12. The van der Waals surface area contributed by atoms with E-state index in [9.17, 15) is 9.59 Å². The van der Waals surface area contributed by atoms with Crippen LogP contribution in [0.2, 0.25) is 0 Å². The van der Waals surface area contributed by atoms with Gasteiger partial charge in [-0.05, 0) is 61.6 Å². The molecule has 0 saturated heterocycles. The van der Waals surface area contributed by atoms with E-state index in [2.05, 4.69) is 12.2 Å². The number of fused-ring (bicyclic) bond motifs is 1. The number of nitrogens with one attached hydrogen (secondary N) is 1. The number of hydrogen-bond donors (Lipinski definition) is 1. The van der Waals surface area contributed by atoms with Crippen molar-refractivity contribution >= 4 is 40.0 Å². The van der Waals surface area contributed by atoms with Gasteiger partial charge in [-0.15, -0.1) is 23.1 Å². The Balaban J connectivity index is 1.75. The van der Waals surface area contributed by atoms with Crippen LogP contribution in [0.5, 0.6) is 0 Å². The Labute approximate surface area is 168 Å². The Morgan fingerprint density at radius 1 is 1.15 bits per heavy atom. The third-order valence-electron chi connectivity index (χ3n) is 4.50. The molecule has 0 radical (unpaired) electrons. The van der Waals surface area contributed by atoms with Crippen molar-refractivity contribution in [2.75, 3.05) is 17.7 Å². The smallest absolute Gasteiger partial charge is 0.341 e. The van der Waals surface area contributed by atoms with E-state index >= 15 is 0 Å². The van der Waals surface area contributed by atoms with Crippen molar-refractivity contribution in [3.8, 4) is 0 Å². The number of carbonyl (C=O) groups is 2. The SMILES string of the molecule is CCOC(=O)c1c(NC(=O)Cc2ccc(SCC)cc2)sc2c1CCCC2. The largest absolute Gasteiger partial charge is 0.462 e. The monoisotopic (exact) mass is 403 g/mol. The van der Waals surface area contributed by atoms with Crippen LogP contribution in [0.3, 0.4) is 0 Å². The van der Waals surface area contributed by atoms with Crippen molar-refractivity contribution in [3.05, 3.63) is 45.8 Å². The predicted octanol–water partition coefficient (Wildman–Crippen LogP) is 5.10. The summed E-state index contributed by atoms with van der Waals surface area (Å²) in [6.45, 7) is 4.25. The molecule has 27 heavy (non-hydrogen) atoms. The third kappa shape index (κ3) is 4.93. The van der Waals surface area contributed by atoms with Crippen molar-refractivity contribution in [1.29, 1.82) is 0 Å². The molecular weight excluding hydrogens is 378 g/mol. The quantitative estimate of drug-likeness (QED) is 0.516. The summed E-state index contributed by atoms with van der Waals surface area (Å²) >= 11 is 3.31. The number of rotatable bonds is 7. The number of thioether (sulfide) groups is 1. The van der Waals surface area contributed by atoms with Crippen LogP contribution in [-0.4, -0.2) is 24.2 Å². The normalized spacial score (nSPS) is 13.1. The molecule has 0 unspecified atom stereocenters. The highest BCUT2D eigenvalue weighted by molar-refractivity contribution is 7.99. The molecule has 0 fully saturated rings. The maximum Gasteiger partial charge on any atom is 0.341 e. The fourth-order valence-electron chi connectivity index (χ4n) is 3.30. The molecule has 0 saturated carbocycles. The molecule has 1 aliphatic rings. The first-order chi connectivity index (χ1) is 13.1. The summed E-state index contributed by atoms with van der Waals surface area (Å²) in [5.74, 6) is 0.600. The van der Waals surface area contributed by atoms with Gasteiger partial charge in [-0.3, -0.25) is 4.79 Å². The van der Waals surface area contributed by atoms with Crippen molar-refractivity contribution in [2.45, 2.75) is 50.8 Å². The van der Waals surface area contributed by atoms with Gasteiger partial charge >= 0.3 is 5.97 Å². The maximum absolute atomic E-state index is 12.6. The van der Waals surface area contributed by atoms with Gasteiger partial charge in [0, 0.05) is 9.77 Å². The number of thiophene rings is 1. The molecule has 0 bridgehead atoms. The molecule has 0 spiro atoms. The second-order valence-corrected chi connectivity index (χ2v) is 8.88. The van der Waals surface area contributed by atoms with E-state index in [4.69, 9.17) is 4.74 Å². The lowest BCUT2D eigenvalue weighted by Crippen LogP contribution is -2.17. The van der Waals surface area contributed by atoms with Gasteiger partial charge in [-0.2, -0.15) is 0 Å². The first-order valence-electron chi connectivity index (χ1n) is 9.45. The van der Waals surface area contributed by atoms with Gasteiger partial charge < -0.3 is 10.1 Å². The summed E-state index contributed by atoms with van der Waals surface area (Å²) in [6, 6.07) is 8.07. The fourth-order valence-corrected chi connectivity index (χ4v) is 5.26. The van der Waals surface area contributed by atoms with Crippen LogP contribution >= 0.6 is 23.1 Å².